The average molecular weight is 200 g/mol. The molecule has 13 heavy (non-hydrogen) atoms. The van der Waals surface area contributed by atoms with Crippen LogP contribution in [0.3, 0.4) is 0 Å². The van der Waals surface area contributed by atoms with Gasteiger partial charge in [-0.2, -0.15) is 0 Å². The van der Waals surface area contributed by atoms with Crippen LogP contribution < -0.4 is 5.32 Å². The monoisotopic (exact) mass is 199 g/mol. The van der Waals surface area contributed by atoms with Gasteiger partial charge in [0.05, 0.1) is 6.54 Å². The maximum atomic E-state index is 11.0. The highest BCUT2D eigenvalue weighted by Gasteiger charge is 1.99. The maximum Gasteiger partial charge on any atom is 0.220 e. The Balaban J connectivity index is 3.31. The molecule has 0 radical (unpaired) electrons. The van der Waals surface area contributed by atoms with E-state index in [9.17, 15) is 4.79 Å². The Labute approximate surface area is 84.3 Å². The summed E-state index contributed by atoms with van der Waals surface area (Å²) >= 11 is 5.47. The molecular weight excluding hydrogens is 186 g/mol. The summed E-state index contributed by atoms with van der Waals surface area (Å²) in [7, 11) is 0. The number of terminal acetylenes is 1. The molecule has 0 aromatic rings. The predicted octanol–water partition coefficient (Wildman–Crippen LogP) is 2.05. The van der Waals surface area contributed by atoms with Crippen LogP contribution in [0.1, 0.15) is 25.7 Å². The van der Waals surface area contributed by atoms with E-state index in [1.54, 1.807) is 0 Å². The lowest BCUT2D eigenvalue weighted by atomic mass is 10.2. The molecule has 0 spiro atoms. The van der Waals surface area contributed by atoms with Gasteiger partial charge in [-0.3, -0.25) is 4.79 Å². The highest BCUT2D eigenvalue weighted by atomic mass is 35.5. The Morgan fingerprint density at radius 1 is 1.54 bits per heavy atom. The standard InChI is InChI=1S/C10H14ClNO/c1-3-4-5-6-7-10(13)12-8-9(2)11/h1H,2,4-8H2,(H,12,13). The predicted molar refractivity (Wildman–Crippen MR) is 55.3 cm³/mol. The van der Waals surface area contributed by atoms with Gasteiger partial charge in [0.2, 0.25) is 5.91 Å². The minimum Gasteiger partial charge on any atom is -0.351 e. The number of amides is 1. The van der Waals surface area contributed by atoms with E-state index in [0.717, 1.165) is 19.3 Å². The normalized spacial score (nSPS) is 8.92. The lowest BCUT2D eigenvalue weighted by Gasteiger charge is -2.02. The quantitative estimate of drug-likeness (QED) is 0.515. The molecule has 0 aliphatic rings. The first kappa shape index (κ1) is 12.1. The van der Waals surface area contributed by atoms with E-state index < -0.39 is 0 Å². The van der Waals surface area contributed by atoms with Crippen molar-refractivity contribution < 1.29 is 4.79 Å². The summed E-state index contributed by atoms with van der Waals surface area (Å²) in [4.78, 5) is 11.0. The summed E-state index contributed by atoms with van der Waals surface area (Å²) in [6.07, 6.45) is 8.02. The van der Waals surface area contributed by atoms with Gasteiger partial charge in [0, 0.05) is 17.9 Å². The van der Waals surface area contributed by atoms with Crippen LogP contribution in [-0.2, 0) is 4.79 Å². The number of nitrogens with one attached hydrogen (secondary N) is 1. The largest absolute Gasteiger partial charge is 0.351 e. The fourth-order valence-electron chi connectivity index (χ4n) is 0.795. The molecule has 0 saturated carbocycles. The number of hydrogen-bond donors (Lipinski definition) is 1. The first-order chi connectivity index (χ1) is 6.16. The van der Waals surface area contributed by atoms with Crippen LogP contribution in [-0.4, -0.2) is 12.5 Å². The van der Waals surface area contributed by atoms with Crippen LogP contribution in [0, 0.1) is 12.3 Å². The summed E-state index contributed by atoms with van der Waals surface area (Å²) in [5.41, 5.74) is 0. The zero-order valence-electron chi connectivity index (χ0n) is 7.61. The number of rotatable bonds is 6. The van der Waals surface area contributed by atoms with Gasteiger partial charge in [-0.05, 0) is 12.8 Å². The number of halogens is 1. The van der Waals surface area contributed by atoms with Crippen molar-refractivity contribution in [1.29, 1.82) is 0 Å². The molecule has 0 aromatic carbocycles. The van der Waals surface area contributed by atoms with Crippen molar-refractivity contribution in [2.75, 3.05) is 6.54 Å². The van der Waals surface area contributed by atoms with E-state index in [0.29, 0.717) is 18.0 Å². The lowest BCUT2D eigenvalue weighted by molar-refractivity contribution is -0.121. The molecule has 0 aliphatic carbocycles. The van der Waals surface area contributed by atoms with E-state index in [4.69, 9.17) is 18.0 Å². The first-order valence-corrected chi connectivity index (χ1v) is 4.58. The van der Waals surface area contributed by atoms with Crippen molar-refractivity contribution in [2.24, 2.45) is 0 Å². The van der Waals surface area contributed by atoms with Crippen LogP contribution in [0.2, 0.25) is 0 Å². The van der Waals surface area contributed by atoms with Crippen molar-refractivity contribution in [2.45, 2.75) is 25.7 Å². The van der Waals surface area contributed by atoms with Crippen molar-refractivity contribution >= 4 is 17.5 Å². The smallest absolute Gasteiger partial charge is 0.220 e. The fraction of sp³-hybridized carbons (Fsp3) is 0.500. The molecule has 1 N–H and O–H groups in total. The Hall–Kier alpha value is -0.940. The van der Waals surface area contributed by atoms with Gasteiger partial charge in [0.1, 0.15) is 0 Å². The van der Waals surface area contributed by atoms with E-state index in [1.807, 2.05) is 0 Å². The molecule has 0 unspecified atom stereocenters. The van der Waals surface area contributed by atoms with Gasteiger partial charge < -0.3 is 5.32 Å². The number of carbonyl (C=O) groups is 1. The summed E-state index contributed by atoms with van der Waals surface area (Å²) in [6.45, 7) is 3.80. The van der Waals surface area contributed by atoms with Gasteiger partial charge in [-0.1, -0.05) is 18.2 Å². The summed E-state index contributed by atoms with van der Waals surface area (Å²) < 4.78 is 0. The van der Waals surface area contributed by atoms with Gasteiger partial charge in [0.25, 0.3) is 0 Å². The van der Waals surface area contributed by atoms with Crippen LogP contribution in [0.15, 0.2) is 11.6 Å². The third kappa shape index (κ3) is 8.97. The fourth-order valence-corrected chi connectivity index (χ4v) is 0.862. The number of unbranched alkanes of at least 4 members (excludes halogenated alkanes) is 2. The average Bonchev–Trinajstić information content (AvgIpc) is 2.09. The third-order valence-corrected chi connectivity index (χ3v) is 1.59. The van der Waals surface area contributed by atoms with Gasteiger partial charge in [0.15, 0.2) is 0 Å². The summed E-state index contributed by atoms with van der Waals surface area (Å²) in [5.74, 6) is 2.52. The summed E-state index contributed by atoms with van der Waals surface area (Å²) in [6, 6.07) is 0. The van der Waals surface area contributed by atoms with Crippen molar-refractivity contribution in [3.05, 3.63) is 11.6 Å². The highest BCUT2D eigenvalue weighted by molar-refractivity contribution is 6.29. The van der Waals surface area contributed by atoms with E-state index in [2.05, 4.69) is 17.8 Å². The second kappa shape index (κ2) is 7.70. The molecule has 0 saturated heterocycles. The van der Waals surface area contributed by atoms with Gasteiger partial charge in [-0.25, -0.2) is 0 Å². The Bertz CT molecular complexity index is 217. The summed E-state index contributed by atoms with van der Waals surface area (Å²) in [5, 5.41) is 3.08. The zero-order chi connectivity index (χ0) is 10.1. The zero-order valence-corrected chi connectivity index (χ0v) is 8.36. The van der Waals surface area contributed by atoms with Gasteiger partial charge >= 0.3 is 0 Å². The topological polar surface area (TPSA) is 29.1 Å². The number of hydrogen-bond acceptors (Lipinski definition) is 1. The minimum absolute atomic E-state index is 0.00109. The maximum absolute atomic E-state index is 11.0. The van der Waals surface area contributed by atoms with Crippen molar-refractivity contribution in [3.8, 4) is 12.3 Å². The molecule has 0 heterocycles. The molecule has 0 aromatic heterocycles. The Morgan fingerprint density at radius 3 is 2.77 bits per heavy atom. The van der Waals surface area contributed by atoms with Crippen LogP contribution in [0.5, 0.6) is 0 Å². The van der Waals surface area contributed by atoms with E-state index >= 15 is 0 Å². The molecule has 2 nitrogen and oxygen atoms in total. The first-order valence-electron chi connectivity index (χ1n) is 4.20. The molecule has 0 fully saturated rings. The molecule has 72 valence electrons. The van der Waals surface area contributed by atoms with E-state index in [1.165, 1.54) is 0 Å². The number of carbonyl (C=O) groups excluding carboxylic acids is 1. The van der Waals surface area contributed by atoms with Crippen molar-refractivity contribution in [1.82, 2.24) is 5.32 Å². The molecule has 0 atom stereocenters. The van der Waals surface area contributed by atoms with Gasteiger partial charge in [-0.15, -0.1) is 12.3 Å². The van der Waals surface area contributed by atoms with Crippen LogP contribution >= 0.6 is 11.6 Å². The molecule has 0 aliphatic heterocycles. The molecule has 0 bridgehead atoms. The second-order valence-corrected chi connectivity index (χ2v) is 3.24. The highest BCUT2D eigenvalue weighted by Crippen LogP contribution is 1.99. The molecular formula is C10H14ClNO. The van der Waals surface area contributed by atoms with Crippen molar-refractivity contribution in [3.63, 3.8) is 0 Å². The van der Waals surface area contributed by atoms with Crippen LogP contribution in [0.4, 0.5) is 0 Å². The van der Waals surface area contributed by atoms with E-state index in [-0.39, 0.29) is 5.91 Å². The SMILES string of the molecule is C#CCCCCC(=O)NCC(=C)Cl. The van der Waals surface area contributed by atoms with Crippen LogP contribution in [0.25, 0.3) is 0 Å². The lowest BCUT2D eigenvalue weighted by Crippen LogP contribution is -2.23. The molecule has 1 amide bonds. The Kier molecular flexibility index (Phi) is 7.14. The minimum atomic E-state index is -0.00109. The Morgan fingerprint density at radius 2 is 2.23 bits per heavy atom. The second-order valence-electron chi connectivity index (χ2n) is 2.71. The third-order valence-electron chi connectivity index (χ3n) is 1.45. The molecule has 3 heteroatoms. The molecule has 0 rings (SSSR count).